The van der Waals surface area contributed by atoms with Crippen LogP contribution in [0.5, 0.6) is 5.75 Å². The molecule has 2 rings (SSSR count). The maximum absolute atomic E-state index is 12.4. The Hall–Kier alpha value is -1.36. The van der Waals surface area contributed by atoms with Gasteiger partial charge < -0.3 is 4.18 Å². The minimum atomic E-state index is -4.94. The van der Waals surface area contributed by atoms with E-state index in [4.69, 9.17) is 0 Å². The summed E-state index contributed by atoms with van der Waals surface area (Å²) < 4.78 is 37.4. The first-order valence-electron chi connectivity index (χ1n) is 4.50. The van der Waals surface area contributed by atoms with Crippen molar-refractivity contribution < 1.29 is 16.5 Å². The first-order chi connectivity index (χ1) is 7.06. The van der Waals surface area contributed by atoms with E-state index in [1.807, 2.05) is 18.2 Å². The zero-order valence-electron chi connectivity index (χ0n) is 7.81. The molecule has 0 bridgehead atoms. The lowest BCUT2D eigenvalue weighted by molar-refractivity contribution is 0.438. The van der Waals surface area contributed by atoms with Gasteiger partial charge in [-0.3, -0.25) is 0 Å². The molecule has 0 atom stereocenters. The summed E-state index contributed by atoms with van der Waals surface area (Å²) in [4.78, 5) is 0. The minimum absolute atomic E-state index is 0.0472. The fourth-order valence-corrected chi connectivity index (χ4v) is 1.96. The fraction of sp³-hybridized carbons (Fsp3) is 0.200. The quantitative estimate of drug-likeness (QED) is 0.697. The minimum Gasteiger partial charge on any atom is -0.358 e. The van der Waals surface area contributed by atoms with E-state index in [0.717, 1.165) is 18.1 Å². The lowest BCUT2D eigenvalue weighted by Gasteiger charge is -2.04. The Kier molecular flexibility index (Phi) is 2.48. The summed E-state index contributed by atoms with van der Waals surface area (Å²) in [6.07, 6.45) is 5.52. The average Bonchev–Trinajstić information content (AvgIpc) is 2.16. The second kappa shape index (κ2) is 3.66. The predicted molar refractivity (Wildman–Crippen MR) is 54.5 cm³/mol. The molecule has 1 aromatic carbocycles. The second-order valence-electron chi connectivity index (χ2n) is 3.22. The van der Waals surface area contributed by atoms with Gasteiger partial charge in [0.25, 0.3) is 0 Å². The van der Waals surface area contributed by atoms with Crippen molar-refractivity contribution in [1.29, 1.82) is 0 Å². The predicted octanol–water partition coefficient (Wildman–Crippen LogP) is 0.635. The monoisotopic (exact) mass is 228 g/mol. The van der Waals surface area contributed by atoms with Crippen LogP contribution >= 0.6 is 0 Å². The van der Waals surface area contributed by atoms with Crippen molar-refractivity contribution in [3.63, 3.8) is 0 Å². The number of hydrogen-bond donors (Lipinski definition) is 0. The van der Waals surface area contributed by atoms with E-state index in [2.05, 4.69) is 4.18 Å². The van der Waals surface area contributed by atoms with Crippen LogP contribution < -0.4 is 14.6 Å². The number of halogens is 1. The number of rotatable bonds is 2. The van der Waals surface area contributed by atoms with Gasteiger partial charge in [0.1, 0.15) is 0 Å². The van der Waals surface area contributed by atoms with Crippen LogP contribution in [0.4, 0.5) is 3.89 Å². The SMILES string of the molecule is O=S(=O)(F)Oc1cccc2c1=CCCC=2. The highest BCUT2D eigenvalue weighted by molar-refractivity contribution is 7.81. The molecule has 1 aliphatic rings. The van der Waals surface area contributed by atoms with Crippen molar-refractivity contribution in [2.24, 2.45) is 0 Å². The van der Waals surface area contributed by atoms with E-state index < -0.39 is 10.5 Å². The molecule has 0 radical (unpaired) electrons. The first kappa shape index (κ1) is 10.2. The van der Waals surface area contributed by atoms with Crippen LogP contribution in [0, 0.1) is 0 Å². The van der Waals surface area contributed by atoms with Crippen molar-refractivity contribution in [3.05, 3.63) is 28.6 Å². The highest BCUT2D eigenvalue weighted by Crippen LogP contribution is 2.07. The summed E-state index contributed by atoms with van der Waals surface area (Å²) in [5.74, 6) is 0.0472. The van der Waals surface area contributed by atoms with E-state index in [9.17, 15) is 12.3 Å². The Bertz CT molecular complexity index is 590. The van der Waals surface area contributed by atoms with Gasteiger partial charge in [0.05, 0.1) is 0 Å². The third-order valence-electron chi connectivity index (χ3n) is 2.17. The van der Waals surface area contributed by atoms with Crippen molar-refractivity contribution in [2.45, 2.75) is 12.8 Å². The molecule has 0 unspecified atom stereocenters. The third kappa shape index (κ3) is 2.36. The molecule has 0 aliphatic heterocycles. The lowest BCUT2D eigenvalue weighted by atomic mass is 10.1. The van der Waals surface area contributed by atoms with Gasteiger partial charge in [-0.15, -0.1) is 0 Å². The van der Waals surface area contributed by atoms with Gasteiger partial charge in [-0.05, 0) is 24.1 Å². The van der Waals surface area contributed by atoms with Gasteiger partial charge in [0.2, 0.25) is 0 Å². The zero-order valence-corrected chi connectivity index (χ0v) is 8.63. The Morgan fingerprint density at radius 1 is 1.20 bits per heavy atom. The topological polar surface area (TPSA) is 43.4 Å². The highest BCUT2D eigenvalue weighted by Gasteiger charge is 2.11. The largest absolute Gasteiger partial charge is 0.488 e. The van der Waals surface area contributed by atoms with Crippen molar-refractivity contribution in [2.75, 3.05) is 0 Å². The molecular weight excluding hydrogens is 219 g/mol. The van der Waals surface area contributed by atoms with E-state index in [0.29, 0.717) is 5.22 Å². The molecule has 1 aromatic rings. The smallest absolute Gasteiger partial charge is 0.358 e. The number of benzene rings is 1. The molecule has 0 heterocycles. The molecule has 0 fully saturated rings. The fourth-order valence-electron chi connectivity index (χ4n) is 1.60. The van der Waals surface area contributed by atoms with Crippen molar-refractivity contribution in [1.82, 2.24) is 0 Å². The summed E-state index contributed by atoms with van der Waals surface area (Å²) in [5.41, 5.74) is 0. The van der Waals surface area contributed by atoms with Crippen LogP contribution in [0.15, 0.2) is 18.2 Å². The molecule has 0 saturated heterocycles. The van der Waals surface area contributed by atoms with E-state index in [-0.39, 0.29) is 5.75 Å². The van der Waals surface area contributed by atoms with Crippen molar-refractivity contribution in [3.8, 4) is 5.75 Å². The van der Waals surface area contributed by atoms with E-state index >= 15 is 0 Å². The summed E-state index contributed by atoms with van der Waals surface area (Å²) >= 11 is 0. The van der Waals surface area contributed by atoms with Gasteiger partial charge in [-0.1, -0.05) is 28.2 Å². The van der Waals surface area contributed by atoms with Gasteiger partial charge in [-0.2, -0.15) is 8.42 Å². The molecule has 0 spiro atoms. The first-order valence-corrected chi connectivity index (χ1v) is 5.80. The Labute approximate surface area is 86.9 Å². The molecule has 80 valence electrons. The van der Waals surface area contributed by atoms with Gasteiger partial charge in [0.15, 0.2) is 5.75 Å². The normalized spacial score (nSPS) is 14.7. The van der Waals surface area contributed by atoms with Crippen LogP contribution in [0.3, 0.4) is 0 Å². The average molecular weight is 228 g/mol. The van der Waals surface area contributed by atoms with E-state index in [1.54, 1.807) is 6.07 Å². The maximum Gasteiger partial charge on any atom is 0.488 e. The van der Waals surface area contributed by atoms with Crippen molar-refractivity contribution >= 4 is 22.7 Å². The number of fused-ring (bicyclic) bond motifs is 1. The molecule has 0 saturated carbocycles. The highest BCUT2D eigenvalue weighted by atomic mass is 32.3. The molecule has 0 N–H and O–H groups in total. The molecule has 15 heavy (non-hydrogen) atoms. The van der Waals surface area contributed by atoms with Gasteiger partial charge >= 0.3 is 10.5 Å². The molecule has 0 aromatic heterocycles. The Morgan fingerprint density at radius 3 is 2.67 bits per heavy atom. The van der Waals surface area contributed by atoms with Crippen LogP contribution in [-0.4, -0.2) is 8.42 Å². The standard InChI is InChI=1S/C10H9FO3S/c11-15(12,13)14-10-7-3-5-8-4-1-2-6-9(8)10/h3-7H,1-2H2. The number of hydrogen-bond acceptors (Lipinski definition) is 3. The summed E-state index contributed by atoms with van der Waals surface area (Å²) in [5, 5.41) is 1.52. The molecule has 1 aliphatic carbocycles. The second-order valence-corrected chi connectivity index (χ2v) is 4.17. The Balaban J connectivity index is 2.60. The summed E-state index contributed by atoms with van der Waals surface area (Å²) in [6, 6.07) is 4.91. The maximum atomic E-state index is 12.4. The molecular formula is C10H9FO3S. The summed E-state index contributed by atoms with van der Waals surface area (Å²) in [6.45, 7) is 0. The molecule has 0 amide bonds. The van der Waals surface area contributed by atoms with Crippen LogP contribution in [0.25, 0.3) is 12.2 Å². The van der Waals surface area contributed by atoms with Crippen LogP contribution in [-0.2, 0) is 10.5 Å². The van der Waals surface area contributed by atoms with E-state index in [1.165, 1.54) is 6.07 Å². The third-order valence-corrected chi connectivity index (χ3v) is 2.55. The van der Waals surface area contributed by atoms with Crippen LogP contribution in [0.2, 0.25) is 0 Å². The zero-order chi connectivity index (χ0) is 10.9. The van der Waals surface area contributed by atoms with Crippen LogP contribution in [0.1, 0.15) is 12.8 Å². The molecule has 5 heteroatoms. The summed E-state index contributed by atoms with van der Waals surface area (Å²) in [7, 11) is -4.94. The molecule has 3 nitrogen and oxygen atoms in total. The lowest BCUT2D eigenvalue weighted by Crippen LogP contribution is -2.28. The van der Waals surface area contributed by atoms with Gasteiger partial charge in [-0.25, -0.2) is 0 Å². The Morgan fingerprint density at radius 2 is 1.93 bits per heavy atom. The van der Waals surface area contributed by atoms with Gasteiger partial charge in [0, 0.05) is 5.22 Å².